The van der Waals surface area contributed by atoms with Crippen molar-refractivity contribution in [1.29, 1.82) is 0 Å². The Labute approximate surface area is 155 Å². The highest BCUT2D eigenvalue weighted by Crippen LogP contribution is 2.39. The molecule has 2 aromatic rings. The van der Waals surface area contributed by atoms with Crippen molar-refractivity contribution in [3.63, 3.8) is 0 Å². The Kier molecular flexibility index (Phi) is 7.21. The van der Waals surface area contributed by atoms with Gasteiger partial charge in [0, 0.05) is 24.1 Å². The third-order valence-corrected chi connectivity index (χ3v) is 5.14. The van der Waals surface area contributed by atoms with Crippen LogP contribution >= 0.6 is 44.3 Å². The van der Waals surface area contributed by atoms with Crippen LogP contribution in [0.4, 0.5) is 11.6 Å². The fourth-order valence-corrected chi connectivity index (χ4v) is 2.95. The minimum Gasteiger partial charge on any atom is -0.390 e. The number of nitrogens with zero attached hydrogens (tertiary/aromatic N) is 3. The molecular formula is C12H16Br2ClN5O3. The summed E-state index contributed by atoms with van der Waals surface area (Å²) in [5, 5.41) is 23.9. The van der Waals surface area contributed by atoms with E-state index in [4.69, 9.17) is 5.73 Å². The third-order valence-electron chi connectivity index (χ3n) is 3.18. The second kappa shape index (κ2) is 8.25. The van der Waals surface area contributed by atoms with Gasteiger partial charge >= 0.3 is 5.69 Å². The van der Waals surface area contributed by atoms with Gasteiger partial charge in [0.05, 0.1) is 16.5 Å². The molecule has 4 N–H and O–H groups in total. The van der Waals surface area contributed by atoms with E-state index in [2.05, 4.69) is 42.2 Å². The summed E-state index contributed by atoms with van der Waals surface area (Å²) in [6.45, 7) is 2.82. The number of nitrogens with two attached hydrogens (primary N) is 1. The van der Waals surface area contributed by atoms with Crippen molar-refractivity contribution < 1.29 is 10.0 Å². The molecule has 8 nitrogen and oxygen atoms in total. The molecule has 0 aliphatic carbocycles. The fraction of sp³-hybridized carbons (Fsp3) is 0.417. The number of hydrogen-bond donors (Lipinski definition) is 3. The minimum absolute atomic E-state index is 0. The van der Waals surface area contributed by atoms with Crippen molar-refractivity contribution in [2.45, 2.75) is 19.6 Å². The van der Waals surface area contributed by atoms with Crippen LogP contribution in [0.2, 0.25) is 0 Å². The van der Waals surface area contributed by atoms with Crippen molar-refractivity contribution >= 4 is 66.9 Å². The molecule has 1 aromatic carbocycles. The summed E-state index contributed by atoms with van der Waals surface area (Å²) < 4.78 is 2.73. The average Bonchev–Trinajstić information content (AvgIpc) is 2.82. The summed E-state index contributed by atoms with van der Waals surface area (Å²) in [7, 11) is 0. The largest absolute Gasteiger partial charge is 0.390 e. The lowest BCUT2D eigenvalue weighted by Crippen LogP contribution is -2.28. The molecule has 11 heteroatoms. The second-order valence-electron chi connectivity index (χ2n) is 4.60. The van der Waals surface area contributed by atoms with Crippen LogP contribution in [0.1, 0.15) is 6.92 Å². The SMILES string of the molecule is CCn1c(NCC(O)CN)nc2c([N+](=O)[O-])c(Br)c(Br)cc21.Cl. The molecule has 1 atom stereocenters. The van der Waals surface area contributed by atoms with Crippen LogP contribution < -0.4 is 11.1 Å². The molecule has 0 spiro atoms. The Balaban J connectivity index is 0.00000264. The van der Waals surface area contributed by atoms with E-state index >= 15 is 0 Å². The lowest BCUT2D eigenvalue weighted by Gasteiger charge is -2.11. The van der Waals surface area contributed by atoms with Gasteiger partial charge in [-0.3, -0.25) is 10.1 Å². The first-order chi connectivity index (χ1) is 10.4. The van der Waals surface area contributed by atoms with E-state index < -0.39 is 11.0 Å². The minimum atomic E-state index is -0.710. The number of benzene rings is 1. The van der Waals surface area contributed by atoms with E-state index in [1.54, 1.807) is 6.07 Å². The molecule has 0 bridgehead atoms. The van der Waals surface area contributed by atoms with E-state index in [9.17, 15) is 15.2 Å². The molecule has 23 heavy (non-hydrogen) atoms. The van der Waals surface area contributed by atoms with Crippen LogP contribution in [0.5, 0.6) is 0 Å². The van der Waals surface area contributed by atoms with Gasteiger partial charge in [-0.25, -0.2) is 4.98 Å². The van der Waals surface area contributed by atoms with Gasteiger partial charge < -0.3 is 20.7 Å². The molecule has 128 valence electrons. The maximum atomic E-state index is 11.3. The molecule has 0 fully saturated rings. The zero-order chi connectivity index (χ0) is 16.4. The number of aryl methyl sites for hydroxylation is 1. The van der Waals surface area contributed by atoms with Gasteiger partial charge in [0.15, 0.2) is 5.52 Å². The Morgan fingerprint density at radius 3 is 2.74 bits per heavy atom. The summed E-state index contributed by atoms with van der Waals surface area (Å²) in [4.78, 5) is 15.2. The molecule has 0 saturated carbocycles. The third kappa shape index (κ3) is 3.94. The van der Waals surface area contributed by atoms with Gasteiger partial charge in [0.1, 0.15) is 4.47 Å². The van der Waals surface area contributed by atoms with Crippen molar-refractivity contribution in [2.24, 2.45) is 5.73 Å². The Bertz CT molecular complexity index is 725. The molecule has 0 saturated heterocycles. The molecule has 2 rings (SSSR count). The lowest BCUT2D eigenvalue weighted by atomic mass is 10.2. The van der Waals surface area contributed by atoms with Crippen molar-refractivity contribution in [2.75, 3.05) is 18.4 Å². The molecule has 0 aliphatic heterocycles. The molecule has 1 unspecified atom stereocenters. The number of nitrogens with one attached hydrogen (secondary N) is 1. The highest BCUT2D eigenvalue weighted by molar-refractivity contribution is 9.13. The van der Waals surface area contributed by atoms with Crippen LogP contribution in [0, 0.1) is 10.1 Å². The average molecular weight is 474 g/mol. The zero-order valence-corrected chi connectivity index (χ0v) is 16.1. The number of halogens is 3. The van der Waals surface area contributed by atoms with Gasteiger partial charge in [0.2, 0.25) is 5.95 Å². The summed E-state index contributed by atoms with van der Waals surface area (Å²) in [5.41, 5.74) is 6.19. The number of aliphatic hydroxyl groups excluding tert-OH is 1. The van der Waals surface area contributed by atoms with E-state index in [-0.39, 0.29) is 36.7 Å². The van der Waals surface area contributed by atoms with Crippen molar-refractivity contribution in [3.05, 3.63) is 25.1 Å². The fourth-order valence-electron chi connectivity index (χ4n) is 2.10. The highest BCUT2D eigenvalue weighted by Gasteiger charge is 2.25. The number of nitro benzene ring substituents is 1. The van der Waals surface area contributed by atoms with Crippen molar-refractivity contribution in [3.8, 4) is 0 Å². The standard InChI is InChI=1S/C12H15Br2N5O3.ClH/c1-2-18-8-3-7(13)9(14)11(19(21)22)10(8)17-12(18)16-5-6(20)4-15;/h3,6,20H,2,4-5,15H2,1H3,(H,16,17);1H. The molecular weight excluding hydrogens is 457 g/mol. The van der Waals surface area contributed by atoms with Crippen LogP contribution in [0.3, 0.4) is 0 Å². The van der Waals surface area contributed by atoms with Gasteiger partial charge in [-0.2, -0.15) is 0 Å². The molecule has 1 heterocycles. The molecule has 1 aromatic heterocycles. The van der Waals surface area contributed by atoms with Crippen LogP contribution in [0.15, 0.2) is 15.0 Å². The van der Waals surface area contributed by atoms with Gasteiger partial charge in [-0.1, -0.05) is 0 Å². The first kappa shape index (κ1) is 20.1. The van der Waals surface area contributed by atoms with Crippen LogP contribution in [-0.2, 0) is 6.54 Å². The topological polar surface area (TPSA) is 119 Å². The monoisotopic (exact) mass is 471 g/mol. The van der Waals surface area contributed by atoms with E-state index in [0.29, 0.717) is 27.0 Å². The maximum absolute atomic E-state index is 11.3. The first-order valence-corrected chi connectivity index (χ1v) is 8.13. The van der Waals surface area contributed by atoms with E-state index in [1.165, 1.54) is 0 Å². The number of hydrogen-bond acceptors (Lipinski definition) is 6. The quantitative estimate of drug-likeness (QED) is 0.438. The van der Waals surface area contributed by atoms with Crippen LogP contribution in [-0.4, -0.2) is 38.8 Å². The molecule has 0 aliphatic rings. The number of rotatable bonds is 6. The van der Waals surface area contributed by atoms with Gasteiger partial charge in [-0.15, -0.1) is 12.4 Å². The van der Waals surface area contributed by atoms with Gasteiger partial charge in [0.25, 0.3) is 0 Å². The van der Waals surface area contributed by atoms with E-state index in [1.807, 2.05) is 11.5 Å². The smallest absolute Gasteiger partial charge is 0.312 e. The second-order valence-corrected chi connectivity index (χ2v) is 6.24. The predicted molar refractivity (Wildman–Crippen MR) is 98.3 cm³/mol. The number of anilines is 1. The summed E-state index contributed by atoms with van der Waals surface area (Å²) in [6, 6.07) is 1.77. The lowest BCUT2D eigenvalue weighted by molar-refractivity contribution is -0.384. The normalized spacial score (nSPS) is 12.0. The predicted octanol–water partition coefficient (Wildman–Crippen LogP) is 2.64. The maximum Gasteiger partial charge on any atom is 0.312 e. The summed E-state index contributed by atoms with van der Waals surface area (Å²) >= 11 is 6.53. The summed E-state index contributed by atoms with van der Waals surface area (Å²) in [5.74, 6) is 0.457. The molecule has 0 radical (unpaired) electrons. The Morgan fingerprint density at radius 2 is 2.22 bits per heavy atom. The molecule has 0 amide bonds. The number of aromatic nitrogens is 2. The zero-order valence-electron chi connectivity index (χ0n) is 12.1. The Morgan fingerprint density at radius 1 is 1.57 bits per heavy atom. The van der Waals surface area contributed by atoms with Crippen LogP contribution in [0.25, 0.3) is 11.0 Å². The van der Waals surface area contributed by atoms with E-state index in [0.717, 1.165) is 0 Å². The number of nitro groups is 1. The summed E-state index contributed by atoms with van der Waals surface area (Å²) in [6.07, 6.45) is -0.710. The van der Waals surface area contributed by atoms with Gasteiger partial charge in [-0.05, 0) is 44.8 Å². The first-order valence-electron chi connectivity index (χ1n) is 6.55. The Hall–Kier alpha value is -0.940. The number of aliphatic hydroxyl groups is 1. The number of imidazole rings is 1. The number of fused-ring (bicyclic) bond motifs is 1. The highest BCUT2D eigenvalue weighted by atomic mass is 79.9. The van der Waals surface area contributed by atoms with Crippen molar-refractivity contribution in [1.82, 2.24) is 9.55 Å².